The molecule has 0 atom stereocenters. The fourth-order valence-corrected chi connectivity index (χ4v) is 1.74. The molecule has 0 saturated heterocycles. The summed E-state index contributed by atoms with van der Waals surface area (Å²) in [7, 11) is 0. The minimum absolute atomic E-state index is 0.449. The Labute approximate surface area is 131 Å². The Hall–Kier alpha value is -1.66. The summed E-state index contributed by atoms with van der Waals surface area (Å²) in [5, 5.41) is 6.90. The first-order valence-corrected chi connectivity index (χ1v) is 7.16. The van der Waals surface area contributed by atoms with E-state index in [4.69, 9.17) is 24.4 Å². The van der Waals surface area contributed by atoms with Crippen molar-refractivity contribution >= 4 is 40.3 Å². The van der Waals surface area contributed by atoms with E-state index in [-0.39, 0.29) is 0 Å². The van der Waals surface area contributed by atoms with Gasteiger partial charge < -0.3 is 10.6 Å². The van der Waals surface area contributed by atoms with Crippen LogP contribution in [0.1, 0.15) is 25.3 Å². The normalized spacial score (nSPS) is 9.75. The number of thiocarbonyl (C=S) groups is 2. The fourth-order valence-electron chi connectivity index (χ4n) is 1.44. The molecular formula is C14H20N4S2. The molecule has 0 spiro atoms. The first kappa shape index (κ1) is 16.4. The molecule has 1 rings (SSSR count). The summed E-state index contributed by atoms with van der Waals surface area (Å²) in [5.41, 5.74) is 7.82. The number of hydrazine groups is 1. The Morgan fingerprint density at radius 2 is 1.75 bits per heavy atom. The van der Waals surface area contributed by atoms with E-state index in [1.54, 1.807) is 6.08 Å². The van der Waals surface area contributed by atoms with Crippen molar-refractivity contribution in [3.8, 4) is 0 Å². The molecule has 108 valence electrons. The van der Waals surface area contributed by atoms with E-state index in [1.165, 1.54) is 5.56 Å². The summed E-state index contributed by atoms with van der Waals surface area (Å²) >= 11 is 10.2. The zero-order valence-corrected chi connectivity index (χ0v) is 13.3. The lowest BCUT2D eigenvalue weighted by molar-refractivity contribution is 0.839. The molecule has 4 nitrogen and oxygen atoms in total. The predicted molar refractivity (Wildman–Crippen MR) is 93.8 cm³/mol. The van der Waals surface area contributed by atoms with Gasteiger partial charge in [0.2, 0.25) is 0 Å². The van der Waals surface area contributed by atoms with Crippen molar-refractivity contribution < 1.29 is 0 Å². The van der Waals surface area contributed by atoms with Gasteiger partial charge in [0.05, 0.1) is 0 Å². The van der Waals surface area contributed by atoms with Gasteiger partial charge in [0.25, 0.3) is 0 Å². The molecule has 6 heteroatoms. The lowest BCUT2D eigenvalue weighted by Gasteiger charge is -2.14. The highest BCUT2D eigenvalue weighted by Crippen LogP contribution is 2.16. The second kappa shape index (κ2) is 8.50. The van der Waals surface area contributed by atoms with Crippen molar-refractivity contribution in [2.24, 2.45) is 0 Å². The first-order chi connectivity index (χ1) is 9.52. The molecular weight excluding hydrogens is 288 g/mol. The Morgan fingerprint density at radius 1 is 1.15 bits per heavy atom. The van der Waals surface area contributed by atoms with E-state index in [1.807, 2.05) is 12.1 Å². The first-order valence-electron chi connectivity index (χ1n) is 6.34. The molecule has 1 aromatic rings. The van der Waals surface area contributed by atoms with Gasteiger partial charge in [0.15, 0.2) is 10.2 Å². The zero-order chi connectivity index (χ0) is 15.0. The van der Waals surface area contributed by atoms with Gasteiger partial charge in [-0.15, -0.1) is 6.58 Å². The molecule has 0 aliphatic rings. The van der Waals surface area contributed by atoms with Gasteiger partial charge in [-0.25, -0.2) is 0 Å². The number of anilines is 1. The second-order valence-corrected chi connectivity index (χ2v) is 5.30. The molecule has 0 aliphatic carbocycles. The van der Waals surface area contributed by atoms with Crippen molar-refractivity contribution in [3.63, 3.8) is 0 Å². The van der Waals surface area contributed by atoms with Gasteiger partial charge in [-0.3, -0.25) is 10.9 Å². The topological polar surface area (TPSA) is 48.1 Å². The molecule has 0 amide bonds. The van der Waals surface area contributed by atoms with Crippen LogP contribution in [0.25, 0.3) is 0 Å². The maximum Gasteiger partial charge on any atom is 0.189 e. The molecule has 0 heterocycles. The lowest BCUT2D eigenvalue weighted by Crippen LogP contribution is -2.48. The van der Waals surface area contributed by atoms with Crippen LogP contribution in [0.5, 0.6) is 0 Å². The molecule has 0 fully saturated rings. The van der Waals surface area contributed by atoms with Crippen LogP contribution in [0.3, 0.4) is 0 Å². The van der Waals surface area contributed by atoms with E-state index >= 15 is 0 Å². The SMILES string of the molecule is C=CCNC(=S)NNC(=S)Nc1ccc(C(C)C)cc1. The van der Waals surface area contributed by atoms with Gasteiger partial charge in [-0.2, -0.15) is 0 Å². The number of hydrogen-bond donors (Lipinski definition) is 4. The fraction of sp³-hybridized carbons (Fsp3) is 0.286. The predicted octanol–water partition coefficient (Wildman–Crippen LogP) is 2.66. The summed E-state index contributed by atoms with van der Waals surface area (Å²) in [6.45, 7) is 8.52. The maximum absolute atomic E-state index is 5.16. The Balaban J connectivity index is 2.38. The molecule has 1 aromatic carbocycles. The number of benzene rings is 1. The highest BCUT2D eigenvalue weighted by molar-refractivity contribution is 7.80. The Bertz CT molecular complexity index is 469. The van der Waals surface area contributed by atoms with Crippen LogP contribution in [-0.4, -0.2) is 16.8 Å². The highest BCUT2D eigenvalue weighted by Gasteiger charge is 2.01. The molecule has 0 bridgehead atoms. The minimum atomic E-state index is 0.449. The highest BCUT2D eigenvalue weighted by atomic mass is 32.1. The minimum Gasteiger partial charge on any atom is -0.358 e. The van der Waals surface area contributed by atoms with E-state index in [9.17, 15) is 0 Å². The largest absolute Gasteiger partial charge is 0.358 e. The van der Waals surface area contributed by atoms with Crippen LogP contribution >= 0.6 is 24.4 Å². The Morgan fingerprint density at radius 3 is 2.30 bits per heavy atom. The third-order valence-electron chi connectivity index (χ3n) is 2.53. The summed E-state index contributed by atoms with van der Waals surface area (Å²) in [6, 6.07) is 8.16. The summed E-state index contributed by atoms with van der Waals surface area (Å²) in [4.78, 5) is 0. The smallest absolute Gasteiger partial charge is 0.189 e. The number of hydrogen-bond acceptors (Lipinski definition) is 2. The summed E-state index contributed by atoms with van der Waals surface area (Å²) in [5.74, 6) is 0.518. The zero-order valence-electron chi connectivity index (χ0n) is 11.7. The third kappa shape index (κ3) is 5.99. The monoisotopic (exact) mass is 308 g/mol. The molecule has 4 N–H and O–H groups in total. The number of nitrogens with one attached hydrogen (secondary N) is 4. The van der Waals surface area contributed by atoms with Gasteiger partial charge in [0.1, 0.15) is 0 Å². The van der Waals surface area contributed by atoms with Crippen LogP contribution in [0.2, 0.25) is 0 Å². The van der Waals surface area contributed by atoms with Gasteiger partial charge in [-0.1, -0.05) is 32.1 Å². The third-order valence-corrected chi connectivity index (χ3v) is 2.98. The van der Waals surface area contributed by atoms with Crippen molar-refractivity contribution in [3.05, 3.63) is 42.5 Å². The summed E-state index contributed by atoms with van der Waals surface area (Å²) < 4.78 is 0. The van der Waals surface area contributed by atoms with Crippen LogP contribution in [-0.2, 0) is 0 Å². The van der Waals surface area contributed by atoms with Crippen LogP contribution in [0.15, 0.2) is 36.9 Å². The molecule has 0 radical (unpaired) electrons. The second-order valence-electron chi connectivity index (χ2n) is 4.48. The van der Waals surface area contributed by atoms with Gasteiger partial charge in [0, 0.05) is 12.2 Å². The van der Waals surface area contributed by atoms with E-state index in [0.717, 1.165) is 5.69 Å². The number of rotatable bonds is 4. The van der Waals surface area contributed by atoms with Crippen LogP contribution in [0, 0.1) is 0 Å². The van der Waals surface area contributed by atoms with Gasteiger partial charge >= 0.3 is 0 Å². The Kier molecular flexibility index (Phi) is 6.97. The molecule has 20 heavy (non-hydrogen) atoms. The summed E-state index contributed by atoms with van der Waals surface area (Å²) in [6.07, 6.45) is 1.72. The van der Waals surface area contributed by atoms with Crippen molar-refractivity contribution in [2.45, 2.75) is 19.8 Å². The average molecular weight is 308 g/mol. The van der Waals surface area contributed by atoms with Crippen molar-refractivity contribution in [1.29, 1.82) is 0 Å². The molecule has 0 saturated carbocycles. The van der Waals surface area contributed by atoms with Crippen LogP contribution in [0.4, 0.5) is 5.69 Å². The standard InChI is InChI=1S/C14H20N4S2/c1-4-9-15-13(19)17-18-14(20)16-12-7-5-11(6-8-12)10(2)3/h4-8,10H,1,9H2,2-3H3,(H2,15,17,19)(H2,16,18,20). The van der Waals surface area contributed by atoms with Gasteiger partial charge in [-0.05, 0) is 48.0 Å². The molecule has 0 unspecified atom stereocenters. The van der Waals surface area contributed by atoms with Crippen LogP contribution < -0.4 is 21.5 Å². The van der Waals surface area contributed by atoms with E-state index in [0.29, 0.717) is 22.7 Å². The van der Waals surface area contributed by atoms with E-state index in [2.05, 4.69) is 54.0 Å². The van der Waals surface area contributed by atoms with Crippen molar-refractivity contribution in [2.75, 3.05) is 11.9 Å². The molecule has 0 aromatic heterocycles. The maximum atomic E-state index is 5.16. The van der Waals surface area contributed by atoms with Crippen molar-refractivity contribution in [1.82, 2.24) is 16.2 Å². The lowest BCUT2D eigenvalue weighted by atomic mass is 10.0. The van der Waals surface area contributed by atoms with E-state index < -0.39 is 0 Å². The molecule has 0 aliphatic heterocycles. The quantitative estimate of drug-likeness (QED) is 0.390. The average Bonchev–Trinajstić information content (AvgIpc) is 2.43.